The van der Waals surface area contributed by atoms with E-state index in [4.69, 9.17) is 39.5 Å². The van der Waals surface area contributed by atoms with E-state index in [-0.39, 0.29) is 42.3 Å². The molecule has 0 aliphatic heterocycles. The molecule has 0 heterocycles. The second-order valence-corrected chi connectivity index (χ2v) is 12.8. The normalized spacial score (nSPS) is 42.4. The number of halogens is 3. The van der Waals surface area contributed by atoms with E-state index in [0.717, 1.165) is 5.57 Å². The number of rotatable bonds is 6. The summed E-state index contributed by atoms with van der Waals surface area (Å²) in [4.78, 5) is 37.3. The third-order valence-corrected chi connectivity index (χ3v) is 11.6. The number of hydrogen-bond acceptors (Lipinski definition) is 5. The Labute approximate surface area is 232 Å². The van der Waals surface area contributed by atoms with Gasteiger partial charge in [-0.05, 0) is 49.7 Å². The highest BCUT2D eigenvalue weighted by atomic mass is 35.5. The van der Waals surface area contributed by atoms with Crippen molar-refractivity contribution in [2.24, 2.45) is 22.7 Å². The van der Waals surface area contributed by atoms with Gasteiger partial charge in [0, 0.05) is 16.4 Å². The summed E-state index contributed by atoms with van der Waals surface area (Å²) < 4.78 is 6.07. The Balaban J connectivity index is 1.51. The number of Topliss-reactive ketones (excluding diaryl/α,β-unsaturated/α-hetero) is 2. The van der Waals surface area contributed by atoms with E-state index in [9.17, 15) is 19.5 Å². The van der Waals surface area contributed by atoms with Gasteiger partial charge in [0.1, 0.15) is 6.61 Å². The first-order valence-electron chi connectivity index (χ1n) is 12.7. The average Bonchev–Trinajstić information content (AvgIpc) is 3.11. The summed E-state index contributed by atoms with van der Waals surface area (Å²) in [7, 11) is 0. The molecule has 37 heavy (non-hydrogen) atoms. The van der Waals surface area contributed by atoms with Gasteiger partial charge >= 0.3 is 0 Å². The fraction of sp³-hybridized carbons (Fsp3) is 0.552. The summed E-state index contributed by atoms with van der Waals surface area (Å²) in [6.07, 6.45) is 6.10. The van der Waals surface area contributed by atoms with Crippen LogP contribution in [0.5, 0.6) is 0 Å². The lowest BCUT2D eigenvalue weighted by Crippen LogP contribution is -2.68. The van der Waals surface area contributed by atoms with Crippen molar-refractivity contribution in [1.82, 2.24) is 0 Å². The molecule has 0 saturated heterocycles. The molecular formula is C29H31Cl3O5. The zero-order valence-corrected chi connectivity index (χ0v) is 23.2. The van der Waals surface area contributed by atoms with Gasteiger partial charge in [0.2, 0.25) is 0 Å². The lowest BCUT2D eigenvalue weighted by molar-refractivity contribution is -0.175. The SMILES string of the molecule is C[C@]12C=CC(=O)C=C1CC[C@H]1[C@@H]3C[C@@H](OCC(=O)c4ccccc4)[C@](O)(C(=O)CCl)[C@@]3(C)C[C@H](Cl)[C@@]12Cl. The highest BCUT2D eigenvalue weighted by molar-refractivity contribution is 6.34. The standard InChI is InChI=1S/C29H31Cl3O5/c1-26-11-10-19(33)12-18(26)8-9-20-21-13-25(37-16-22(34)17-6-4-3-5-7-17)29(36,24(35)15-30)27(21,2)14-23(31)28(20,26)32/h3-7,10-12,20-21,23,25,36H,8-9,13-16H2,1-2H3/t20-,21-,23-,25+,26-,27-,28-,29+/m0/s1. The maximum absolute atomic E-state index is 13.3. The second-order valence-electron chi connectivity index (χ2n) is 11.4. The van der Waals surface area contributed by atoms with E-state index in [2.05, 4.69) is 0 Å². The van der Waals surface area contributed by atoms with Crippen LogP contribution in [0.1, 0.15) is 49.9 Å². The molecule has 3 saturated carbocycles. The molecule has 0 unspecified atom stereocenters. The fourth-order valence-electron chi connectivity index (χ4n) is 7.81. The third-order valence-electron chi connectivity index (χ3n) is 9.85. The van der Waals surface area contributed by atoms with Crippen molar-refractivity contribution < 1.29 is 24.2 Å². The Morgan fingerprint density at radius 3 is 2.54 bits per heavy atom. The van der Waals surface area contributed by atoms with Crippen LogP contribution in [0.3, 0.4) is 0 Å². The van der Waals surface area contributed by atoms with Crippen LogP contribution < -0.4 is 0 Å². The number of ketones is 3. The minimum Gasteiger partial charge on any atom is -0.379 e. The van der Waals surface area contributed by atoms with Crippen LogP contribution in [-0.2, 0) is 14.3 Å². The van der Waals surface area contributed by atoms with E-state index >= 15 is 0 Å². The Morgan fingerprint density at radius 2 is 1.86 bits per heavy atom. The first-order valence-corrected chi connectivity index (χ1v) is 14.1. The minimum absolute atomic E-state index is 0.0579. The Hall–Kier alpha value is -1.50. The molecule has 4 aliphatic carbocycles. The molecule has 0 bridgehead atoms. The number of alkyl halides is 3. The van der Waals surface area contributed by atoms with Crippen LogP contribution in [0.2, 0.25) is 0 Å². The maximum Gasteiger partial charge on any atom is 0.188 e. The van der Waals surface area contributed by atoms with Crippen LogP contribution in [0.4, 0.5) is 0 Å². The minimum atomic E-state index is -1.92. The predicted octanol–water partition coefficient (Wildman–Crippen LogP) is 5.29. The van der Waals surface area contributed by atoms with Gasteiger partial charge in [0.25, 0.3) is 0 Å². The molecule has 5 rings (SSSR count). The molecule has 5 nitrogen and oxygen atoms in total. The number of ether oxygens (including phenoxy) is 1. The molecule has 8 heteroatoms. The van der Waals surface area contributed by atoms with Crippen molar-refractivity contribution >= 4 is 52.2 Å². The molecule has 1 N–H and O–H groups in total. The van der Waals surface area contributed by atoms with Crippen LogP contribution in [0.15, 0.2) is 54.1 Å². The number of carbonyl (C=O) groups is 3. The maximum atomic E-state index is 13.3. The molecule has 1 aromatic rings. The smallest absolute Gasteiger partial charge is 0.188 e. The van der Waals surface area contributed by atoms with Crippen LogP contribution >= 0.6 is 34.8 Å². The number of fused-ring (bicyclic) bond motifs is 5. The summed E-state index contributed by atoms with van der Waals surface area (Å²) >= 11 is 20.7. The van der Waals surface area contributed by atoms with Gasteiger partial charge < -0.3 is 9.84 Å². The summed E-state index contributed by atoms with van der Waals surface area (Å²) in [5, 5.41) is 11.5. The second kappa shape index (κ2) is 9.31. The quantitative estimate of drug-likeness (QED) is 0.374. The molecule has 1 aromatic carbocycles. The van der Waals surface area contributed by atoms with Gasteiger partial charge in [0.05, 0.1) is 22.2 Å². The molecular weight excluding hydrogens is 535 g/mol. The van der Waals surface area contributed by atoms with Crippen molar-refractivity contribution in [3.8, 4) is 0 Å². The van der Waals surface area contributed by atoms with Crippen LogP contribution in [0, 0.1) is 22.7 Å². The van der Waals surface area contributed by atoms with Crippen LogP contribution in [-0.4, -0.2) is 56.9 Å². The van der Waals surface area contributed by atoms with E-state index in [1.807, 2.05) is 26.0 Å². The molecule has 0 radical (unpaired) electrons. The lowest BCUT2D eigenvalue weighted by atomic mass is 9.46. The highest BCUT2D eigenvalue weighted by Gasteiger charge is 2.75. The van der Waals surface area contributed by atoms with E-state index in [1.165, 1.54) is 0 Å². The highest BCUT2D eigenvalue weighted by Crippen LogP contribution is 2.71. The number of benzene rings is 1. The van der Waals surface area contributed by atoms with E-state index < -0.39 is 38.6 Å². The first kappa shape index (κ1) is 27.1. The number of allylic oxidation sites excluding steroid dienone is 4. The Bertz CT molecular complexity index is 1200. The summed E-state index contributed by atoms with van der Waals surface area (Å²) in [5.74, 6) is -1.59. The zero-order chi connectivity index (χ0) is 26.8. The van der Waals surface area contributed by atoms with Crippen molar-refractivity contribution in [3.05, 3.63) is 59.7 Å². The lowest BCUT2D eigenvalue weighted by Gasteiger charge is -2.63. The number of aliphatic hydroxyl groups is 1. The van der Waals surface area contributed by atoms with Crippen LogP contribution in [0.25, 0.3) is 0 Å². The van der Waals surface area contributed by atoms with Gasteiger partial charge in [-0.3, -0.25) is 14.4 Å². The van der Waals surface area contributed by atoms with Crippen molar-refractivity contribution in [2.45, 2.75) is 61.5 Å². The van der Waals surface area contributed by atoms with Gasteiger partial charge in [-0.1, -0.05) is 55.8 Å². The van der Waals surface area contributed by atoms with Gasteiger partial charge in [-0.15, -0.1) is 34.8 Å². The fourth-order valence-corrected chi connectivity index (χ4v) is 9.24. The summed E-state index contributed by atoms with van der Waals surface area (Å²) in [6.45, 7) is 3.63. The molecule has 0 aromatic heterocycles. The Kier molecular flexibility index (Phi) is 6.81. The monoisotopic (exact) mass is 564 g/mol. The molecule has 4 aliphatic rings. The third kappa shape index (κ3) is 3.68. The largest absolute Gasteiger partial charge is 0.379 e. The number of hydrogen-bond donors (Lipinski definition) is 1. The number of carbonyl (C=O) groups excluding carboxylic acids is 3. The Morgan fingerprint density at radius 1 is 1.16 bits per heavy atom. The molecule has 198 valence electrons. The summed E-state index contributed by atoms with van der Waals surface area (Å²) in [6, 6.07) is 8.77. The molecule has 0 amide bonds. The van der Waals surface area contributed by atoms with Crippen molar-refractivity contribution in [2.75, 3.05) is 12.5 Å². The van der Waals surface area contributed by atoms with E-state index in [0.29, 0.717) is 24.8 Å². The van der Waals surface area contributed by atoms with E-state index in [1.54, 1.807) is 36.4 Å². The predicted molar refractivity (Wildman–Crippen MR) is 143 cm³/mol. The van der Waals surface area contributed by atoms with Crippen molar-refractivity contribution in [1.29, 1.82) is 0 Å². The van der Waals surface area contributed by atoms with Gasteiger partial charge in [-0.2, -0.15) is 0 Å². The van der Waals surface area contributed by atoms with Gasteiger partial charge in [-0.25, -0.2) is 0 Å². The first-order chi connectivity index (χ1) is 17.4. The molecule has 8 atom stereocenters. The molecule has 3 fully saturated rings. The summed E-state index contributed by atoms with van der Waals surface area (Å²) in [5.41, 5.74) is -2.06. The van der Waals surface area contributed by atoms with Gasteiger partial charge in [0.15, 0.2) is 23.0 Å². The molecule has 0 spiro atoms. The topological polar surface area (TPSA) is 80.7 Å². The van der Waals surface area contributed by atoms with Crippen molar-refractivity contribution in [3.63, 3.8) is 0 Å². The average molecular weight is 566 g/mol. The zero-order valence-electron chi connectivity index (χ0n) is 20.9.